The van der Waals surface area contributed by atoms with Crippen molar-refractivity contribution in [3.8, 4) is 5.75 Å². The van der Waals surface area contributed by atoms with Gasteiger partial charge in [0.15, 0.2) is 0 Å². The van der Waals surface area contributed by atoms with Crippen LogP contribution in [0.3, 0.4) is 0 Å². The molecule has 4 unspecified atom stereocenters. The topological polar surface area (TPSA) is 253 Å². The highest BCUT2D eigenvalue weighted by molar-refractivity contribution is 5.95. The van der Waals surface area contributed by atoms with Crippen molar-refractivity contribution in [2.45, 2.75) is 56.3 Å². The molecular weight excluding hydrogens is 598 g/mol. The minimum Gasteiger partial charge on any atom is -0.508 e. The molecular formula is C31H35N7O8. The minimum absolute atomic E-state index is 0.0111. The Morgan fingerprint density at radius 1 is 0.804 bits per heavy atom. The van der Waals surface area contributed by atoms with E-state index in [-0.39, 0.29) is 37.9 Å². The maximum absolute atomic E-state index is 13.8. The lowest BCUT2D eigenvalue weighted by Crippen LogP contribution is -2.58. The van der Waals surface area contributed by atoms with Crippen LogP contribution >= 0.6 is 0 Å². The van der Waals surface area contributed by atoms with Crippen LogP contribution in [0.4, 0.5) is 0 Å². The van der Waals surface area contributed by atoms with Gasteiger partial charge in [-0.2, -0.15) is 0 Å². The zero-order chi connectivity index (χ0) is 33.2. The number of carbonyl (C=O) groups is 5. The Balaban J connectivity index is 1.60. The molecule has 46 heavy (non-hydrogen) atoms. The summed E-state index contributed by atoms with van der Waals surface area (Å²) in [5.74, 6) is -4.77. The summed E-state index contributed by atoms with van der Waals surface area (Å²) in [6.45, 7) is 0. The number of phenols is 1. The molecule has 4 atom stereocenters. The SMILES string of the molecule is NC(CCC(=O)O)C(=O)NC(Cc1ccc(O)cc1)C(=O)NC(Cc1c[nH]c2ccccc12)C(=O)NC(Cc1cnc[nH]1)C(=O)O. The van der Waals surface area contributed by atoms with Gasteiger partial charge >= 0.3 is 11.9 Å². The van der Waals surface area contributed by atoms with Crippen molar-refractivity contribution in [3.05, 3.63) is 84.1 Å². The number of carbonyl (C=O) groups excluding carboxylic acids is 3. The van der Waals surface area contributed by atoms with Crippen LogP contribution in [0.5, 0.6) is 5.75 Å². The van der Waals surface area contributed by atoms with Crippen LogP contribution in [0.15, 0.2) is 67.3 Å². The molecule has 4 rings (SSSR count). The van der Waals surface area contributed by atoms with Gasteiger partial charge in [-0.05, 0) is 35.7 Å². The maximum atomic E-state index is 13.8. The first-order chi connectivity index (χ1) is 22.0. The van der Waals surface area contributed by atoms with Crippen LogP contribution in [-0.2, 0) is 43.2 Å². The van der Waals surface area contributed by atoms with Crippen LogP contribution in [0.1, 0.15) is 29.7 Å². The number of aromatic hydroxyl groups is 1. The fourth-order valence-corrected chi connectivity index (χ4v) is 4.86. The number of nitrogens with zero attached hydrogens (tertiary/aromatic N) is 1. The molecule has 0 aliphatic rings. The Morgan fingerprint density at radius 3 is 2.11 bits per heavy atom. The largest absolute Gasteiger partial charge is 0.508 e. The lowest BCUT2D eigenvalue weighted by molar-refractivity contribution is -0.142. The van der Waals surface area contributed by atoms with Gasteiger partial charge in [0.1, 0.15) is 23.9 Å². The lowest BCUT2D eigenvalue weighted by atomic mass is 10.0. The highest BCUT2D eigenvalue weighted by Gasteiger charge is 2.31. The number of aromatic nitrogens is 3. The molecule has 15 nitrogen and oxygen atoms in total. The van der Waals surface area contributed by atoms with Gasteiger partial charge in [-0.1, -0.05) is 30.3 Å². The standard InChI is InChI=1S/C31H35N7O8/c32-22(9-10-27(40)41)28(42)36-24(11-17-5-7-20(39)8-6-17)29(43)37-25(12-18-14-34-23-4-2-1-3-21(18)23)30(44)38-26(31(45)46)13-19-15-33-16-35-19/h1-8,14-16,22,24-26,34,39H,9-13,32H2,(H,33,35)(H,36,42)(H,37,43)(H,38,44)(H,40,41)(H,45,46). The summed E-state index contributed by atoms with van der Waals surface area (Å²) in [5, 5.41) is 37.0. The van der Waals surface area contributed by atoms with Crippen LogP contribution in [-0.4, -0.2) is 84.1 Å². The molecule has 10 N–H and O–H groups in total. The molecule has 0 radical (unpaired) electrons. The van der Waals surface area contributed by atoms with E-state index in [0.717, 1.165) is 10.9 Å². The van der Waals surface area contributed by atoms with Gasteiger partial charge in [0, 0.05) is 54.7 Å². The lowest BCUT2D eigenvalue weighted by Gasteiger charge is -2.25. The number of hydrogen-bond donors (Lipinski definition) is 9. The number of nitrogens with one attached hydrogen (secondary N) is 5. The summed E-state index contributed by atoms with van der Waals surface area (Å²) < 4.78 is 0. The fraction of sp³-hybridized carbons (Fsp3) is 0.290. The molecule has 4 aromatic rings. The quantitative estimate of drug-likeness (QED) is 0.0818. The van der Waals surface area contributed by atoms with Crippen LogP contribution in [0, 0.1) is 0 Å². The third kappa shape index (κ3) is 9.15. The number of benzene rings is 2. The number of nitrogens with two attached hydrogens (primary N) is 1. The predicted molar refractivity (Wildman–Crippen MR) is 164 cm³/mol. The van der Waals surface area contributed by atoms with E-state index in [4.69, 9.17) is 10.8 Å². The number of carboxylic acid groups (broad SMARTS) is 2. The summed E-state index contributed by atoms with van der Waals surface area (Å²) in [6.07, 6.45) is 3.78. The van der Waals surface area contributed by atoms with E-state index in [1.54, 1.807) is 18.3 Å². The fourth-order valence-electron chi connectivity index (χ4n) is 4.86. The van der Waals surface area contributed by atoms with E-state index in [1.807, 2.05) is 24.3 Å². The molecule has 0 saturated carbocycles. The van der Waals surface area contributed by atoms with Crippen molar-refractivity contribution in [1.29, 1.82) is 0 Å². The van der Waals surface area contributed by atoms with Gasteiger partial charge in [0.2, 0.25) is 17.7 Å². The molecule has 0 bridgehead atoms. The molecule has 0 spiro atoms. The van der Waals surface area contributed by atoms with Crippen molar-refractivity contribution in [2.75, 3.05) is 0 Å². The second-order valence-corrected chi connectivity index (χ2v) is 10.8. The first-order valence-electron chi connectivity index (χ1n) is 14.4. The number of hydrogen-bond acceptors (Lipinski definition) is 8. The van der Waals surface area contributed by atoms with Crippen molar-refractivity contribution in [1.82, 2.24) is 30.9 Å². The average molecular weight is 634 g/mol. The zero-order valence-corrected chi connectivity index (χ0v) is 24.6. The molecule has 0 fully saturated rings. The van der Waals surface area contributed by atoms with Crippen molar-refractivity contribution in [3.63, 3.8) is 0 Å². The zero-order valence-electron chi connectivity index (χ0n) is 24.6. The van der Waals surface area contributed by atoms with Gasteiger partial charge < -0.3 is 47.0 Å². The van der Waals surface area contributed by atoms with E-state index < -0.39 is 53.8 Å². The maximum Gasteiger partial charge on any atom is 0.326 e. The highest BCUT2D eigenvalue weighted by atomic mass is 16.4. The third-order valence-electron chi connectivity index (χ3n) is 7.34. The number of aromatic amines is 2. The van der Waals surface area contributed by atoms with Crippen LogP contribution in [0.2, 0.25) is 0 Å². The number of para-hydroxylation sites is 1. The Morgan fingerprint density at radius 2 is 1.46 bits per heavy atom. The Labute approximate surface area is 262 Å². The van der Waals surface area contributed by atoms with Gasteiger partial charge in [0.05, 0.1) is 12.4 Å². The third-order valence-corrected chi connectivity index (χ3v) is 7.34. The number of rotatable bonds is 16. The summed E-state index contributed by atoms with van der Waals surface area (Å²) in [4.78, 5) is 73.2. The van der Waals surface area contributed by atoms with Crippen molar-refractivity contribution < 1.29 is 39.3 Å². The number of aliphatic carboxylic acids is 2. The van der Waals surface area contributed by atoms with Gasteiger partial charge in [0.25, 0.3) is 0 Å². The van der Waals surface area contributed by atoms with Crippen molar-refractivity contribution in [2.24, 2.45) is 5.73 Å². The minimum atomic E-state index is -1.35. The normalized spacial score (nSPS) is 13.7. The molecule has 0 aliphatic carbocycles. The monoisotopic (exact) mass is 633 g/mol. The predicted octanol–water partition coefficient (Wildman–Crippen LogP) is 0.356. The van der Waals surface area contributed by atoms with Gasteiger partial charge in [-0.3, -0.25) is 19.2 Å². The number of amides is 3. The number of fused-ring (bicyclic) bond motifs is 1. The summed E-state index contributed by atoms with van der Waals surface area (Å²) in [6, 6.07) is 8.11. The highest BCUT2D eigenvalue weighted by Crippen LogP contribution is 2.20. The number of H-pyrrole nitrogens is 2. The Hall–Kier alpha value is -5.70. The number of carboxylic acids is 2. The molecule has 3 amide bonds. The van der Waals surface area contributed by atoms with E-state index in [9.17, 15) is 34.2 Å². The molecule has 242 valence electrons. The number of phenolic OH excluding ortho intramolecular Hbond substituents is 1. The van der Waals surface area contributed by atoms with Crippen LogP contribution in [0.25, 0.3) is 10.9 Å². The molecule has 2 aromatic heterocycles. The Kier molecular flexibility index (Phi) is 11.1. The van der Waals surface area contributed by atoms with E-state index in [1.165, 1.54) is 24.7 Å². The molecule has 2 aromatic carbocycles. The van der Waals surface area contributed by atoms with Gasteiger partial charge in [-0.25, -0.2) is 9.78 Å². The van der Waals surface area contributed by atoms with E-state index in [2.05, 4.69) is 30.9 Å². The summed E-state index contributed by atoms with van der Waals surface area (Å²) in [7, 11) is 0. The van der Waals surface area contributed by atoms with E-state index in [0.29, 0.717) is 16.8 Å². The second kappa shape index (κ2) is 15.3. The molecule has 15 heteroatoms. The first-order valence-corrected chi connectivity index (χ1v) is 14.4. The van der Waals surface area contributed by atoms with E-state index >= 15 is 0 Å². The van der Waals surface area contributed by atoms with Gasteiger partial charge in [-0.15, -0.1) is 0 Å². The first kappa shape index (κ1) is 33.2. The number of imidazole rings is 1. The average Bonchev–Trinajstić information content (AvgIpc) is 3.69. The molecule has 0 saturated heterocycles. The smallest absolute Gasteiger partial charge is 0.326 e. The summed E-state index contributed by atoms with van der Waals surface area (Å²) in [5.41, 5.74) is 8.38. The molecule has 2 heterocycles. The van der Waals surface area contributed by atoms with Crippen LogP contribution < -0.4 is 21.7 Å². The second-order valence-electron chi connectivity index (χ2n) is 10.8. The Bertz CT molecular complexity index is 1670. The molecule has 0 aliphatic heterocycles. The summed E-state index contributed by atoms with van der Waals surface area (Å²) >= 11 is 0. The van der Waals surface area contributed by atoms with Crippen molar-refractivity contribution >= 4 is 40.6 Å².